The van der Waals surface area contributed by atoms with Crippen LogP contribution in [0.3, 0.4) is 0 Å². The molecule has 1 aromatic carbocycles. The molecule has 2 aromatic heterocycles. The van der Waals surface area contributed by atoms with Crippen molar-refractivity contribution in [3.63, 3.8) is 0 Å². The van der Waals surface area contributed by atoms with Crippen molar-refractivity contribution in [2.24, 2.45) is 5.73 Å². The molecule has 0 radical (unpaired) electrons. The van der Waals surface area contributed by atoms with Crippen molar-refractivity contribution >= 4 is 23.1 Å². The first-order chi connectivity index (χ1) is 10.5. The summed E-state index contributed by atoms with van der Waals surface area (Å²) in [4.78, 5) is 27.9. The smallest absolute Gasteiger partial charge is 0.276 e. The van der Waals surface area contributed by atoms with Gasteiger partial charge < -0.3 is 11.1 Å². The number of nitrogens with one attached hydrogen (secondary N) is 1. The fraction of sp³-hybridized carbons (Fsp3) is 0.0667. The van der Waals surface area contributed by atoms with E-state index in [-0.39, 0.29) is 11.3 Å². The summed E-state index contributed by atoms with van der Waals surface area (Å²) in [6, 6.07) is 9.82. The molecule has 0 aliphatic rings. The van der Waals surface area contributed by atoms with Crippen LogP contribution in [0.25, 0.3) is 5.65 Å². The molecule has 0 saturated heterocycles. The van der Waals surface area contributed by atoms with Crippen LogP contribution in [0.1, 0.15) is 26.5 Å². The van der Waals surface area contributed by atoms with E-state index in [1.54, 1.807) is 42.6 Å². The SMILES string of the molecule is Cc1cn2nc(C(=O)Nc3ccccc3C(N)=O)ccc2n1. The molecule has 7 nitrogen and oxygen atoms in total. The number of hydrogen-bond acceptors (Lipinski definition) is 4. The highest BCUT2D eigenvalue weighted by Crippen LogP contribution is 2.15. The van der Waals surface area contributed by atoms with Gasteiger partial charge in [0, 0.05) is 0 Å². The van der Waals surface area contributed by atoms with Crippen LogP contribution in [-0.4, -0.2) is 26.4 Å². The summed E-state index contributed by atoms with van der Waals surface area (Å²) in [7, 11) is 0. The number of rotatable bonds is 3. The molecular weight excluding hydrogens is 282 g/mol. The van der Waals surface area contributed by atoms with E-state index >= 15 is 0 Å². The molecule has 3 aromatic rings. The first kappa shape index (κ1) is 13.7. The van der Waals surface area contributed by atoms with Crippen molar-refractivity contribution in [2.75, 3.05) is 5.32 Å². The van der Waals surface area contributed by atoms with E-state index in [4.69, 9.17) is 5.73 Å². The van der Waals surface area contributed by atoms with Crippen LogP contribution in [0.2, 0.25) is 0 Å². The van der Waals surface area contributed by atoms with Gasteiger partial charge in [-0.25, -0.2) is 9.50 Å². The lowest BCUT2D eigenvalue weighted by Gasteiger charge is -2.08. The Morgan fingerprint density at radius 1 is 1.18 bits per heavy atom. The van der Waals surface area contributed by atoms with E-state index in [1.807, 2.05) is 6.92 Å². The second-order valence-corrected chi connectivity index (χ2v) is 4.77. The molecular formula is C15H13N5O2. The fourth-order valence-electron chi connectivity index (χ4n) is 2.11. The van der Waals surface area contributed by atoms with Gasteiger partial charge in [-0.15, -0.1) is 0 Å². The molecule has 0 unspecified atom stereocenters. The molecule has 3 N–H and O–H groups in total. The van der Waals surface area contributed by atoms with Gasteiger partial charge in [0.2, 0.25) is 0 Å². The maximum Gasteiger partial charge on any atom is 0.276 e. The van der Waals surface area contributed by atoms with Crippen LogP contribution in [0.5, 0.6) is 0 Å². The number of amides is 2. The van der Waals surface area contributed by atoms with E-state index in [0.717, 1.165) is 5.69 Å². The maximum atomic E-state index is 12.3. The third-order valence-electron chi connectivity index (χ3n) is 3.11. The number of nitrogens with two attached hydrogens (primary N) is 1. The second-order valence-electron chi connectivity index (χ2n) is 4.77. The Labute approximate surface area is 125 Å². The summed E-state index contributed by atoms with van der Waals surface area (Å²) >= 11 is 0. The van der Waals surface area contributed by atoms with Crippen molar-refractivity contribution < 1.29 is 9.59 Å². The minimum atomic E-state index is -0.607. The number of hydrogen-bond donors (Lipinski definition) is 2. The average molecular weight is 295 g/mol. The summed E-state index contributed by atoms with van der Waals surface area (Å²) in [5.41, 5.74) is 7.56. The predicted molar refractivity (Wildman–Crippen MR) is 80.6 cm³/mol. The number of anilines is 1. The van der Waals surface area contributed by atoms with Gasteiger partial charge in [0.15, 0.2) is 5.65 Å². The van der Waals surface area contributed by atoms with Crippen molar-refractivity contribution in [1.82, 2.24) is 14.6 Å². The van der Waals surface area contributed by atoms with Crippen LogP contribution in [0.4, 0.5) is 5.69 Å². The van der Waals surface area contributed by atoms with Crippen LogP contribution in [0, 0.1) is 6.92 Å². The highest BCUT2D eigenvalue weighted by Gasteiger charge is 2.13. The standard InChI is InChI=1S/C15H13N5O2/c1-9-8-20-13(17-9)7-6-12(19-20)15(22)18-11-5-3-2-4-10(11)14(16)21/h2-8H,1H3,(H2,16,21)(H,18,22). The number of nitrogens with zero attached hydrogens (tertiary/aromatic N) is 3. The topological polar surface area (TPSA) is 102 Å². The van der Waals surface area contributed by atoms with Crippen LogP contribution in [-0.2, 0) is 0 Å². The van der Waals surface area contributed by atoms with E-state index in [9.17, 15) is 9.59 Å². The molecule has 0 spiro atoms. The number of aryl methyl sites for hydroxylation is 1. The van der Waals surface area contributed by atoms with Gasteiger partial charge in [-0.05, 0) is 31.2 Å². The first-order valence-electron chi connectivity index (χ1n) is 6.58. The monoisotopic (exact) mass is 295 g/mol. The normalized spacial score (nSPS) is 10.6. The number of para-hydroxylation sites is 1. The summed E-state index contributed by atoms with van der Waals surface area (Å²) in [6.07, 6.45) is 1.73. The third kappa shape index (κ3) is 2.51. The van der Waals surface area contributed by atoms with Crippen molar-refractivity contribution in [2.45, 2.75) is 6.92 Å². The van der Waals surface area contributed by atoms with Gasteiger partial charge in [0.05, 0.1) is 23.1 Å². The summed E-state index contributed by atoms with van der Waals surface area (Å²) in [5, 5.41) is 6.84. The number of imidazole rings is 1. The molecule has 0 aliphatic heterocycles. The lowest BCUT2D eigenvalue weighted by molar-refractivity contribution is 0.100. The van der Waals surface area contributed by atoms with E-state index < -0.39 is 11.8 Å². The summed E-state index contributed by atoms with van der Waals surface area (Å²) in [5.74, 6) is -1.04. The molecule has 0 saturated carbocycles. The van der Waals surface area contributed by atoms with Gasteiger partial charge in [0.1, 0.15) is 5.69 Å². The second kappa shape index (κ2) is 5.28. The Balaban J connectivity index is 1.91. The average Bonchev–Trinajstić information content (AvgIpc) is 2.86. The molecule has 0 bridgehead atoms. The minimum Gasteiger partial charge on any atom is -0.366 e. The predicted octanol–water partition coefficient (Wildman–Crippen LogP) is 1.39. The third-order valence-corrected chi connectivity index (χ3v) is 3.11. The van der Waals surface area contributed by atoms with Crippen molar-refractivity contribution in [1.29, 1.82) is 0 Å². The minimum absolute atomic E-state index is 0.212. The Kier molecular flexibility index (Phi) is 3.30. The van der Waals surface area contributed by atoms with E-state index in [1.165, 1.54) is 4.52 Å². The molecule has 0 fully saturated rings. The van der Waals surface area contributed by atoms with Gasteiger partial charge in [0.25, 0.3) is 11.8 Å². The molecule has 22 heavy (non-hydrogen) atoms. The number of carbonyl (C=O) groups excluding carboxylic acids is 2. The first-order valence-corrected chi connectivity index (χ1v) is 6.58. The summed E-state index contributed by atoms with van der Waals surface area (Å²) < 4.78 is 1.53. The molecule has 0 aliphatic carbocycles. The molecule has 2 amide bonds. The zero-order chi connectivity index (χ0) is 15.7. The Morgan fingerprint density at radius 3 is 2.73 bits per heavy atom. The van der Waals surface area contributed by atoms with Gasteiger partial charge in [-0.3, -0.25) is 9.59 Å². The van der Waals surface area contributed by atoms with Gasteiger partial charge >= 0.3 is 0 Å². The number of primary amides is 1. The number of benzene rings is 1. The highest BCUT2D eigenvalue weighted by molar-refractivity contribution is 6.07. The highest BCUT2D eigenvalue weighted by atomic mass is 16.2. The van der Waals surface area contributed by atoms with Crippen LogP contribution in [0.15, 0.2) is 42.6 Å². The van der Waals surface area contributed by atoms with E-state index in [2.05, 4.69) is 15.4 Å². The molecule has 0 atom stereocenters. The maximum absolute atomic E-state index is 12.3. The molecule has 7 heteroatoms. The number of aromatic nitrogens is 3. The van der Waals surface area contributed by atoms with Gasteiger partial charge in [-0.2, -0.15) is 5.10 Å². The van der Waals surface area contributed by atoms with Crippen LogP contribution < -0.4 is 11.1 Å². The van der Waals surface area contributed by atoms with Crippen molar-refractivity contribution in [3.8, 4) is 0 Å². The quantitative estimate of drug-likeness (QED) is 0.762. The Hall–Kier alpha value is -3.22. The molecule has 110 valence electrons. The van der Waals surface area contributed by atoms with Crippen LogP contribution >= 0.6 is 0 Å². The Bertz CT molecular complexity index is 885. The number of carbonyl (C=O) groups is 2. The fourth-order valence-corrected chi connectivity index (χ4v) is 2.11. The lowest BCUT2D eigenvalue weighted by atomic mass is 10.1. The summed E-state index contributed by atoms with van der Waals surface area (Å²) in [6.45, 7) is 1.84. The number of fused-ring (bicyclic) bond motifs is 1. The van der Waals surface area contributed by atoms with E-state index in [0.29, 0.717) is 11.3 Å². The lowest BCUT2D eigenvalue weighted by Crippen LogP contribution is -2.19. The molecule has 3 rings (SSSR count). The zero-order valence-electron chi connectivity index (χ0n) is 11.8. The Morgan fingerprint density at radius 2 is 1.95 bits per heavy atom. The largest absolute Gasteiger partial charge is 0.366 e. The van der Waals surface area contributed by atoms with Gasteiger partial charge in [-0.1, -0.05) is 12.1 Å². The van der Waals surface area contributed by atoms with Crippen molar-refractivity contribution in [3.05, 3.63) is 59.5 Å². The zero-order valence-corrected chi connectivity index (χ0v) is 11.8. The molecule has 2 heterocycles.